The number of carbonyl (C=O) groups excluding carboxylic acids is 2. The lowest BCUT2D eigenvalue weighted by molar-refractivity contribution is 0.0460. The molecular formula is C32H27BrClN7O4. The van der Waals surface area contributed by atoms with Crippen LogP contribution in [-0.4, -0.2) is 42.1 Å². The van der Waals surface area contributed by atoms with Gasteiger partial charge in [-0.3, -0.25) is 4.79 Å². The average molecular weight is 689 g/mol. The average Bonchev–Trinajstić information content (AvgIpc) is 3.77. The summed E-state index contributed by atoms with van der Waals surface area (Å²) in [6, 6.07) is 16.2. The number of esters is 1. The van der Waals surface area contributed by atoms with Gasteiger partial charge in [0.15, 0.2) is 16.7 Å². The number of ether oxygens (including phenoxy) is 1. The fraction of sp³-hybridized carbons (Fsp3) is 0.188. The molecule has 45 heavy (non-hydrogen) atoms. The zero-order chi connectivity index (χ0) is 31.5. The number of primary amides is 1. The van der Waals surface area contributed by atoms with Crippen LogP contribution in [0.4, 0.5) is 0 Å². The molecule has 2 aromatic heterocycles. The first-order valence-corrected chi connectivity index (χ1v) is 15.3. The van der Waals surface area contributed by atoms with Gasteiger partial charge in [0, 0.05) is 33.1 Å². The van der Waals surface area contributed by atoms with E-state index in [2.05, 4.69) is 48.5 Å². The van der Waals surface area contributed by atoms with Gasteiger partial charge in [-0.1, -0.05) is 61.3 Å². The Morgan fingerprint density at radius 2 is 1.84 bits per heavy atom. The van der Waals surface area contributed by atoms with Crippen LogP contribution in [0.3, 0.4) is 0 Å². The molecule has 0 atom stereocenters. The van der Waals surface area contributed by atoms with Gasteiger partial charge in [-0.15, -0.1) is 5.10 Å². The van der Waals surface area contributed by atoms with Crippen molar-refractivity contribution in [3.8, 4) is 33.6 Å². The second-order valence-electron chi connectivity index (χ2n) is 10.3. The normalized spacial score (nSPS) is 11.3. The van der Waals surface area contributed by atoms with Crippen LogP contribution >= 0.6 is 27.5 Å². The van der Waals surface area contributed by atoms with Crippen molar-refractivity contribution in [2.45, 2.75) is 39.3 Å². The van der Waals surface area contributed by atoms with Crippen molar-refractivity contribution in [3.05, 3.63) is 105 Å². The molecule has 0 unspecified atom stereocenters. The number of carbonyl (C=O) groups is 2. The van der Waals surface area contributed by atoms with E-state index in [1.54, 1.807) is 36.8 Å². The van der Waals surface area contributed by atoms with E-state index < -0.39 is 11.9 Å². The Labute approximate surface area is 271 Å². The zero-order valence-electron chi connectivity index (χ0n) is 24.1. The number of halogens is 2. The number of rotatable bonds is 11. The predicted molar refractivity (Wildman–Crippen MR) is 171 cm³/mol. The van der Waals surface area contributed by atoms with Crippen molar-refractivity contribution in [2.75, 3.05) is 0 Å². The van der Waals surface area contributed by atoms with Gasteiger partial charge in [-0.25, -0.2) is 14.9 Å². The van der Waals surface area contributed by atoms with E-state index >= 15 is 0 Å². The number of amides is 1. The van der Waals surface area contributed by atoms with Crippen LogP contribution in [0, 0.1) is 0 Å². The second-order valence-corrected chi connectivity index (χ2v) is 11.5. The monoisotopic (exact) mass is 687 g/mol. The van der Waals surface area contributed by atoms with E-state index in [0.717, 1.165) is 50.7 Å². The molecule has 2 aliphatic rings. The van der Waals surface area contributed by atoms with Gasteiger partial charge in [0.1, 0.15) is 12.4 Å². The summed E-state index contributed by atoms with van der Waals surface area (Å²) in [5.41, 5.74) is 11.8. The van der Waals surface area contributed by atoms with Crippen molar-refractivity contribution in [1.82, 2.24) is 30.2 Å². The summed E-state index contributed by atoms with van der Waals surface area (Å²) in [4.78, 5) is 29.7. The quantitative estimate of drug-likeness (QED) is 0.143. The molecular weight excluding hydrogens is 662 g/mol. The first-order valence-electron chi connectivity index (χ1n) is 14.2. The van der Waals surface area contributed by atoms with Crippen LogP contribution in [0.1, 0.15) is 57.6 Å². The van der Waals surface area contributed by atoms with Crippen molar-refractivity contribution in [2.24, 2.45) is 5.73 Å². The minimum absolute atomic E-state index is 0.0279. The molecule has 0 radical (unpaired) electrons. The summed E-state index contributed by atoms with van der Waals surface area (Å²) < 4.78 is 13.9. The molecule has 1 aliphatic heterocycles. The summed E-state index contributed by atoms with van der Waals surface area (Å²) in [6.07, 6.45) is 5.70. The summed E-state index contributed by atoms with van der Waals surface area (Å²) in [5.74, 6) is 0.0349. The summed E-state index contributed by atoms with van der Waals surface area (Å²) in [6.45, 7) is 2.33. The number of fused-ring (bicyclic) bond motifs is 1. The van der Waals surface area contributed by atoms with Crippen molar-refractivity contribution in [3.63, 3.8) is 0 Å². The van der Waals surface area contributed by atoms with Gasteiger partial charge in [0.25, 0.3) is 0 Å². The summed E-state index contributed by atoms with van der Waals surface area (Å²) >= 11 is 10.5. The van der Waals surface area contributed by atoms with Crippen LogP contribution < -0.4 is 5.73 Å². The second kappa shape index (κ2) is 13.0. The Balaban J connectivity index is 1.44. The van der Waals surface area contributed by atoms with Crippen molar-refractivity contribution >= 4 is 39.4 Å². The molecule has 1 aliphatic carbocycles. The molecule has 4 aromatic rings. The number of nitrogens with zero attached hydrogens (tertiary/aromatic N) is 5. The minimum Gasteiger partial charge on any atom is -0.472 e. The van der Waals surface area contributed by atoms with Crippen LogP contribution in [0.25, 0.3) is 33.6 Å². The predicted octanol–water partition coefficient (Wildman–Crippen LogP) is 6.69. The molecule has 2 aromatic carbocycles. The number of nitrogens with one attached hydrogen (secondary N) is 1. The molecule has 3 heterocycles. The van der Waals surface area contributed by atoms with E-state index in [4.69, 9.17) is 26.5 Å². The van der Waals surface area contributed by atoms with Crippen molar-refractivity contribution < 1.29 is 18.7 Å². The topological polar surface area (TPSA) is 155 Å². The van der Waals surface area contributed by atoms with Crippen molar-refractivity contribution in [1.29, 1.82) is 0 Å². The Morgan fingerprint density at radius 1 is 1.07 bits per heavy atom. The maximum Gasteiger partial charge on any atom is 0.358 e. The van der Waals surface area contributed by atoms with E-state index in [1.807, 2.05) is 34.9 Å². The van der Waals surface area contributed by atoms with E-state index in [0.29, 0.717) is 29.2 Å². The zero-order valence-corrected chi connectivity index (χ0v) is 26.4. The Morgan fingerprint density at radius 3 is 2.56 bits per heavy atom. The number of H-pyrrole nitrogens is 1. The number of hydrogen-bond donors (Lipinski definition) is 2. The Bertz CT molecular complexity index is 1950. The van der Waals surface area contributed by atoms with Crippen LogP contribution in [0.15, 0.2) is 76.0 Å². The largest absolute Gasteiger partial charge is 0.472 e. The molecule has 0 fully saturated rings. The number of aromatic nitrogens is 6. The highest BCUT2D eigenvalue weighted by Crippen LogP contribution is 2.48. The number of aryl methyl sites for hydroxylation is 1. The van der Waals surface area contributed by atoms with Gasteiger partial charge in [-0.2, -0.15) is 0 Å². The number of tetrazole rings is 1. The Hall–Kier alpha value is -4.81. The van der Waals surface area contributed by atoms with E-state index in [-0.39, 0.29) is 24.0 Å². The molecule has 0 bridgehead atoms. The van der Waals surface area contributed by atoms with Crippen LogP contribution in [-0.2, 0) is 24.3 Å². The molecule has 228 valence electrons. The van der Waals surface area contributed by atoms with Gasteiger partial charge in [-0.05, 0) is 73.2 Å². The fourth-order valence-electron chi connectivity index (χ4n) is 5.33. The number of nitrogens with two attached hydrogens (primary N) is 1. The molecule has 0 saturated carbocycles. The lowest BCUT2D eigenvalue weighted by atomic mass is 9.97. The van der Waals surface area contributed by atoms with Crippen LogP contribution in [0.2, 0.25) is 5.15 Å². The number of unbranched alkanes of at least 4 members (excludes halogenated alkanes) is 1. The van der Waals surface area contributed by atoms with Gasteiger partial charge >= 0.3 is 5.97 Å². The maximum atomic E-state index is 13.7. The third-order valence-electron chi connectivity index (χ3n) is 7.55. The number of hydrogen-bond acceptors (Lipinski definition) is 8. The SMILES string of the molecule is CCCCc1nc(Cl)c(C(=O)OCc2ccc(C(N)=O)cc2)n1Cc1c2ccocc-2c(Br)c1-c1ccccc1-c1nnn[nH]1. The summed E-state index contributed by atoms with van der Waals surface area (Å²) in [7, 11) is 0. The number of imidazole rings is 1. The molecule has 0 saturated heterocycles. The molecule has 3 N–H and O–H groups in total. The van der Waals surface area contributed by atoms with Gasteiger partial charge < -0.3 is 19.5 Å². The third-order valence-corrected chi connectivity index (χ3v) is 8.63. The highest BCUT2D eigenvalue weighted by molar-refractivity contribution is 9.10. The number of benzene rings is 2. The lowest BCUT2D eigenvalue weighted by Gasteiger charge is -2.15. The van der Waals surface area contributed by atoms with Crippen LogP contribution in [0.5, 0.6) is 0 Å². The highest BCUT2D eigenvalue weighted by Gasteiger charge is 2.29. The standard InChI is InChI=1S/C32H27BrClN7O4/c1-2-3-8-25-36-29(34)28(32(43)45-16-18-9-11-19(12-10-18)30(35)42)41(25)15-23-20-13-14-44-17-24(20)27(33)26(23)21-6-4-5-7-22(21)31-37-39-40-38-31/h4-7,9-14,17H,2-3,8,15-16H2,1H3,(H2,35,42)(H,37,38,39,40). The van der Waals surface area contributed by atoms with Gasteiger partial charge in [0.2, 0.25) is 5.91 Å². The summed E-state index contributed by atoms with van der Waals surface area (Å²) in [5, 5.41) is 14.6. The smallest absolute Gasteiger partial charge is 0.358 e. The molecule has 0 spiro atoms. The Kier molecular flexibility index (Phi) is 8.76. The van der Waals surface area contributed by atoms with E-state index in [9.17, 15) is 9.59 Å². The van der Waals surface area contributed by atoms with E-state index in [1.165, 1.54) is 0 Å². The molecule has 1 amide bonds. The number of aromatic amines is 1. The van der Waals surface area contributed by atoms with Gasteiger partial charge in [0.05, 0.1) is 19.1 Å². The maximum absolute atomic E-state index is 13.7. The highest BCUT2D eigenvalue weighted by atomic mass is 79.9. The first kappa shape index (κ1) is 30.2. The molecule has 13 heteroatoms. The minimum atomic E-state index is -0.617. The lowest BCUT2D eigenvalue weighted by Crippen LogP contribution is -2.16. The fourth-order valence-corrected chi connectivity index (χ4v) is 6.36. The first-order chi connectivity index (χ1) is 21.9. The third kappa shape index (κ3) is 5.98. The molecule has 11 nitrogen and oxygen atoms in total. The molecule has 6 rings (SSSR count).